The Morgan fingerprint density at radius 2 is 2.00 bits per heavy atom. The van der Waals surface area contributed by atoms with Crippen molar-refractivity contribution >= 4 is 23.7 Å². The summed E-state index contributed by atoms with van der Waals surface area (Å²) in [5.41, 5.74) is 3.78. The third-order valence-electron chi connectivity index (χ3n) is 3.04. The molecule has 1 N–H and O–H groups in total. The van der Waals surface area contributed by atoms with Crippen molar-refractivity contribution in [3.8, 4) is 11.3 Å². The molecule has 0 spiro atoms. The van der Waals surface area contributed by atoms with Gasteiger partial charge in [0.1, 0.15) is 11.5 Å². The fourth-order valence-electron chi connectivity index (χ4n) is 1.94. The maximum absolute atomic E-state index is 11.8. The van der Waals surface area contributed by atoms with Gasteiger partial charge in [0.15, 0.2) is 0 Å². The van der Waals surface area contributed by atoms with Gasteiger partial charge in [0.05, 0.1) is 6.21 Å². The smallest absolute Gasteiger partial charge is 0.271 e. The summed E-state index contributed by atoms with van der Waals surface area (Å²) in [6.07, 6.45) is 4.53. The highest BCUT2D eigenvalue weighted by atomic mass is 35.5. The highest BCUT2D eigenvalue weighted by Gasteiger charge is 2.05. The van der Waals surface area contributed by atoms with Gasteiger partial charge in [-0.1, -0.05) is 23.7 Å². The molecule has 1 aromatic carbocycles. The van der Waals surface area contributed by atoms with Crippen LogP contribution in [0.15, 0.2) is 70.4 Å². The number of hydrazone groups is 1. The van der Waals surface area contributed by atoms with E-state index in [1.165, 1.54) is 6.21 Å². The first-order valence-electron chi connectivity index (χ1n) is 6.81. The van der Waals surface area contributed by atoms with Gasteiger partial charge in [-0.2, -0.15) is 5.10 Å². The zero-order chi connectivity index (χ0) is 16.1. The maximum Gasteiger partial charge on any atom is 0.271 e. The van der Waals surface area contributed by atoms with Crippen molar-refractivity contribution in [3.05, 3.63) is 77.3 Å². The average molecular weight is 326 g/mol. The van der Waals surface area contributed by atoms with Crippen molar-refractivity contribution in [3.63, 3.8) is 0 Å². The van der Waals surface area contributed by atoms with Gasteiger partial charge in [0, 0.05) is 28.5 Å². The largest absolute Gasteiger partial charge is 0.455 e. The molecule has 0 saturated heterocycles. The first kappa shape index (κ1) is 15.0. The van der Waals surface area contributed by atoms with Crippen molar-refractivity contribution in [1.29, 1.82) is 0 Å². The Morgan fingerprint density at radius 3 is 2.78 bits per heavy atom. The van der Waals surface area contributed by atoms with Crippen LogP contribution in [0.1, 0.15) is 16.1 Å². The summed E-state index contributed by atoms with van der Waals surface area (Å²) in [4.78, 5) is 15.7. The molecule has 0 saturated carbocycles. The molecule has 0 aliphatic rings. The van der Waals surface area contributed by atoms with Gasteiger partial charge in [-0.25, -0.2) is 5.43 Å². The third-order valence-corrected chi connectivity index (χ3v) is 3.27. The van der Waals surface area contributed by atoms with Crippen LogP contribution in [0.25, 0.3) is 11.3 Å². The van der Waals surface area contributed by atoms with Crippen LogP contribution in [0, 0.1) is 0 Å². The predicted octanol–water partition coefficient (Wildman–Crippen LogP) is 3.76. The summed E-state index contributed by atoms with van der Waals surface area (Å²) < 4.78 is 5.64. The van der Waals surface area contributed by atoms with E-state index in [9.17, 15) is 4.79 Å². The summed E-state index contributed by atoms with van der Waals surface area (Å²) in [6, 6.07) is 14.2. The highest BCUT2D eigenvalue weighted by molar-refractivity contribution is 6.30. The number of halogens is 1. The van der Waals surface area contributed by atoms with Crippen molar-refractivity contribution in [2.45, 2.75) is 0 Å². The van der Waals surface area contributed by atoms with Crippen molar-refractivity contribution in [1.82, 2.24) is 10.4 Å². The Morgan fingerprint density at radius 1 is 1.17 bits per heavy atom. The van der Waals surface area contributed by atoms with Crippen LogP contribution in [0.2, 0.25) is 5.02 Å². The molecule has 6 heteroatoms. The van der Waals surface area contributed by atoms with E-state index in [1.807, 2.05) is 24.3 Å². The number of carbonyl (C=O) groups is 1. The van der Waals surface area contributed by atoms with Gasteiger partial charge < -0.3 is 4.42 Å². The second-order valence-electron chi connectivity index (χ2n) is 4.65. The molecule has 0 atom stereocenters. The quantitative estimate of drug-likeness (QED) is 0.586. The summed E-state index contributed by atoms with van der Waals surface area (Å²) >= 11 is 5.96. The molecular weight excluding hydrogens is 314 g/mol. The minimum Gasteiger partial charge on any atom is -0.455 e. The topological polar surface area (TPSA) is 67.5 Å². The molecule has 5 nitrogen and oxygen atoms in total. The fraction of sp³-hybridized carbons (Fsp3) is 0. The minimum atomic E-state index is -0.315. The Hall–Kier alpha value is -2.92. The highest BCUT2D eigenvalue weighted by Crippen LogP contribution is 2.24. The van der Waals surface area contributed by atoms with Gasteiger partial charge in [-0.3, -0.25) is 9.78 Å². The predicted molar refractivity (Wildman–Crippen MR) is 88.5 cm³/mol. The van der Waals surface area contributed by atoms with Crippen LogP contribution in [0.5, 0.6) is 0 Å². The third kappa shape index (κ3) is 3.84. The normalized spacial score (nSPS) is 10.8. The molecule has 0 aliphatic heterocycles. The lowest BCUT2D eigenvalue weighted by molar-refractivity contribution is 0.0955. The standard InChI is InChI=1S/C17H12ClN3O2/c18-14-3-1-2-13(10-14)16-5-4-15(23-16)11-20-21-17(22)12-6-8-19-9-7-12/h1-11H,(H,21,22)/b20-11-. The lowest BCUT2D eigenvalue weighted by Crippen LogP contribution is -2.17. The number of pyridine rings is 1. The summed E-state index contributed by atoms with van der Waals surface area (Å²) in [5.74, 6) is 0.884. The van der Waals surface area contributed by atoms with Gasteiger partial charge in [0.25, 0.3) is 5.91 Å². The molecular formula is C17H12ClN3O2. The Kier molecular flexibility index (Phi) is 4.49. The number of hydrogen-bond donors (Lipinski definition) is 1. The van der Waals surface area contributed by atoms with E-state index in [1.54, 1.807) is 36.7 Å². The number of nitrogens with zero attached hydrogens (tertiary/aromatic N) is 2. The first-order valence-corrected chi connectivity index (χ1v) is 7.19. The molecule has 0 unspecified atom stereocenters. The molecule has 0 bridgehead atoms. The van der Waals surface area contributed by atoms with Crippen LogP contribution in [0.4, 0.5) is 0 Å². The maximum atomic E-state index is 11.8. The zero-order valence-corrected chi connectivity index (χ0v) is 12.7. The molecule has 2 aromatic heterocycles. The van der Waals surface area contributed by atoms with E-state index in [-0.39, 0.29) is 5.91 Å². The Balaban J connectivity index is 1.66. The fourth-order valence-corrected chi connectivity index (χ4v) is 2.13. The first-order chi connectivity index (χ1) is 11.2. The lowest BCUT2D eigenvalue weighted by atomic mass is 10.2. The SMILES string of the molecule is O=C(N/N=C\c1ccc(-c2cccc(Cl)c2)o1)c1ccncc1. The monoisotopic (exact) mass is 325 g/mol. The number of amides is 1. The molecule has 0 radical (unpaired) electrons. The average Bonchev–Trinajstić information content (AvgIpc) is 3.04. The number of furan rings is 1. The van der Waals surface area contributed by atoms with Gasteiger partial charge in [0.2, 0.25) is 0 Å². The van der Waals surface area contributed by atoms with Crippen molar-refractivity contribution in [2.75, 3.05) is 0 Å². The van der Waals surface area contributed by atoms with Crippen LogP contribution in [0.3, 0.4) is 0 Å². The van der Waals surface area contributed by atoms with E-state index < -0.39 is 0 Å². The van der Waals surface area contributed by atoms with Gasteiger partial charge in [-0.05, 0) is 36.4 Å². The lowest BCUT2D eigenvalue weighted by Gasteiger charge is -1.98. The molecule has 23 heavy (non-hydrogen) atoms. The molecule has 2 heterocycles. The molecule has 1 amide bonds. The number of hydrogen-bond acceptors (Lipinski definition) is 4. The van der Waals surface area contributed by atoms with E-state index in [0.29, 0.717) is 22.1 Å². The van der Waals surface area contributed by atoms with Crippen LogP contribution in [-0.2, 0) is 0 Å². The second kappa shape index (κ2) is 6.89. The van der Waals surface area contributed by atoms with E-state index in [0.717, 1.165) is 5.56 Å². The van der Waals surface area contributed by atoms with E-state index in [2.05, 4.69) is 15.5 Å². The summed E-state index contributed by atoms with van der Waals surface area (Å²) in [7, 11) is 0. The number of carbonyl (C=O) groups excluding carboxylic acids is 1. The van der Waals surface area contributed by atoms with E-state index >= 15 is 0 Å². The zero-order valence-electron chi connectivity index (χ0n) is 11.9. The van der Waals surface area contributed by atoms with Crippen LogP contribution < -0.4 is 5.43 Å². The molecule has 0 aliphatic carbocycles. The minimum absolute atomic E-state index is 0.315. The number of benzene rings is 1. The van der Waals surface area contributed by atoms with Crippen molar-refractivity contribution in [2.24, 2.45) is 5.10 Å². The number of nitrogens with one attached hydrogen (secondary N) is 1. The van der Waals surface area contributed by atoms with E-state index in [4.69, 9.17) is 16.0 Å². The van der Waals surface area contributed by atoms with Gasteiger partial charge >= 0.3 is 0 Å². The Labute approximate surface area is 137 Å². The summed E-state index contributed by atoms with van der Waals surface area (Å²) in [5, 5.41) is 4.52. The van der Waals surface area contributed by atoms with Crippen molar-refractivity contribution < 1.29 is 9.21 Å². The summed E-state index contributed by atoms with van der Waals surface area (Å²) in [6.45, 7) is 0. The molecule has 114 valence electrons. The van der Waals surface area contributed by atoms with Crippen LogP contribution >= 0.6 is 11.6 Å². The number of rotatable bonds is 4. The number of aromatic nitrogens is 1. The molecule has 3 aromatic rings. The Bertz CT molecular complexity index is 844. The molecule has 3 rings (SSSR count). The van der Waals surface area contributed by atoms with Gasteiger partial charge in [-0.15, -0.1) is 0 Å². The second-order valence-corrected chi connectivity index (χ2v) is 5.08. The molecule has 0 fully saturated rings. The van der Waals surface area contributed by atoms with Crippen LogP contribution in [-0.4, -0.2) is 17.1 Å².